The van der Waals surface area contributed by atoms with E-state index in [0.717, 1.165) is 6.42 Å². The van der Waals surface area contributed by atoms with Gasteiger partial charge in [-0.05, 0) is 6.42 Å². The molecule has 14 heavy (non-hydrogen) atoms. The van der Waals surface area contributed by atoms with Crippen molar-refractivity contribution in [2.75, 3.05) is 13.3 Å². The fourth-order valence-electron chi connectivity index (χ4n) is 1.23. The van der Waals surface area contributed by atoms with E-state index in [1.54, 1.807) is 6.92 Å². The van der Waals surface area contributed by atoms with Gasteiger partial charge in [-0.1, -0.05) is 13.8 Å². The van der Waals surface area contributed by atoms with Crippen molar-refractivity contribution in [3.8, 4) is 0 Å². The van der Waals surface area contributed by atoms with Crippen molar-refractivity contribution < 1.29 is 19.1 Å². The molecule has 1 fully saturated rings. The van der Waals surface area contributed by atoms with Crippen LogP contribution in [0.15, 0.2) is 0 Å². The molecule has 1 atom stereocenters. The summed E-state index contributed by atoms with van der Waals surface area (Å²) in [6.07, 6.45) is 0.718. The normalized spacial score (nSPS) is 20.9. The van der Waals surface area contributed by atoms with Crippen LogP contribution in [-0.4, -0.2) is 36.3 Å². The Morgan fingerprint density at radius 3 is 2.93 bits per heavy atom. The van der Waals surface area contributed by atoms with Crippen LogP contribution in [0.2, 0.25) is 0 Å². The molecule has 0 spiro atoms. The Kier molecular flexibility index (Phi) is 3.73. The molecule has 1 heterocycles. The SMILES string of the molecule is CCC(=O)OCN1C(=O)OC[C@H]1CC. The quantitative estimate of drug-likeness (QED) is 0.640. The van der Waals surface area contributed by atoms with Crippen LogP contribution < -0.4 is 0 Å². The van der Waals surface area contributed by atoms with Crippen LogP contribution in [0.5, 0.6) is 0 Å². The Bertz CT molecular complexity index is 229. The molecule has 5 nitrogen and oxygen atoms in total. The summed E-state index contributed by atoms with van der Waals surface area (Å²) in [5.41, 5.74) is 0. The van der Waals surface area contributed by atoms with Crippen molar-refractivity contribution in [3.63, 3.8) is 0 Å². The van der Waals surface area contributed by atoms with E-state index >= 15 is 0 Å². The molecule has 0 aliphatic carbocycles. The number of rotatable bonds is 4. The van der Waals surface area contributed by atoms with Crippen molar-refractivity contribution in [2.45, 2.75) is 32.7 Å². The van der Waals surface area contributed by atoms with Gasteiger partial charge in [-0.25, -0.2) is 4.79 Å². The van der Waals surface area contributed by atoms with Gasteiger partial charge in [-0.2, -0.15) is 0 Å². The van der Waals surface area contributed by atoms with Gasteiger partial charge in [0.15, 0.2) is 6.73 Å². The first-order valence-corrected chi connectivity index (χ1v) is 4.78. The molecule has 1 aliphatic rings. The Morgan fingerprint density at radius 1 is 1.64 bits per heavy atom. The topological polar surface area (TPSA) is 55.8 Å². The smallest absolute Gasteiger partial charge is 0.412 e. The van der Waals surface area contributed by atoms with Crippen LogP contribution in [0.1, 0.15) is 26.7 Å². The summed E-state index contributed by atoms with van der Waals surface area (Å²) < 4.78 is 9.69. The van der Waals surface area contributed by atoms with Gasteiger partial charge >= 0.3 is 12.1 Å². The second-order valence-electron chi connectivity index (χ2n) is 3.11. The standard InChI is InChI=1S/C9H15NO4/c1-3-7-5-13-9(12)10(7)6-14-8(11)4-2/h7H,3-6H2,1-2H3/t7-/m1/s1. The average molecular weight is 201 g/mol. The number of nitrogens with zero attached hydrogens (tertiary/aromatic N) is 1. The average Bonchev–Trinajstić information content (AvgIpc) is 2.55. The van der Waals surface area contributed by atoms with Crippen LogP contribution in [0.4, 0.5) is 4.79 Å². The highest BCUT2D eigenvalue weighted by atomic mass is 16.6. The Labute approximate surface area is 83.0 Å². The number of hydrogen-bond donors (Lipinski definition) is 0. The molecule has 0 N–H and O–H groups in total. The number of amides is 1. The lowest BCUT2D eigenvalue weighted by atomic mass is 10.2. The molecule has 0 bridgehead atoms. The Hall–Kier alpha value is -1.26. The first kappa shape index (κ1) is 10.8. The predicted octanol–water partition coefficient (Wildman–Crippen LogP) is 1.13. The van der Waals surface area contributed by atoms with E-state index < -0.39 is 6.09 Å². The van der Waals surface area contributed by atoms with Crippen LogP contribution in [0, 0.1) is 0 Å². The van der Waals surface area contributed by atoms with Crippen molar-refractivity contribution in [3.05, 3.63) is 0 Å². The molecule has 1 rings (SSSR count). The Balaban J connectivity index is 2.41. The first-order chi connectivity index (χ1) is 6.69. The predicted molar refractivity (Wildman–Crippen MR) is 48.5 cm³/mol. The van der Waals surface area contributed by atoms with Gasteiger partial charge in [0.1, 0.15) is 6.61 Å². The lowest BCUT2D eigenvalue weighted by Gasteiger charge is -2.19. The molecule has 1 saturated heterocycles. The third kappa shape index (κ3) is 2.37. The highest BCUT2D eigenvalue weighted by Gasteiger charge is 2.32. The summed E-state index contributed by atoms with van der Waals surface area (Å²) in [6.45, 7) is 4.06. The summed E-state index contributed by atoms with van der Waals surface area (Å²) in [7, 11) is 0. The maximum Gasteiger partial charge on any atom is 0.412 e. The maximum atomic E-state index is 11.2. The van der Waals surface area contributed by atoms with Crippen molar-refractivity contribution in [1.82, 2.24) is 4.90 Å². The van der Waals surface area contributed by atoms with E-state index in [4.69, 9.17) is 9.47 Å². The van der Waals surface area contributed by atoms with Gasteiger partial charge in [-0.3, -0.25) is 9.69 Å². The number of ether oxygens (including phenoxy) is 2. The largest absolute Gasteiger partial charge is 0.447 e. The van der Waals surface area contributed by atoms with Crippen molar-refractivity contribution >= 4 is 12.1 Å². The number of carbonyl (C=O) groups is 2. The van der Waals surface area contributed by atoms with E-state index in [1.165, 1.54) is 4.90 Å². The van der Waals surface area contributed by atoms with Crippen LogP contribution in [0.3, 0.4) is 0 Å². The van der Waals surface area contributed by atoms with Crippen molar-refractivity contribution in [1.29, 1.82) is 0 Å². The fraction of sp³-hybridized carbons (Fsp3) is 0.778. The molecule has 1 amide bonds. The van der Waals surface area contributed by atoms with Gasteiger partial charge in [0, 0.05) is 6.42 Å². The molecule has 0 aromatic heterocycles. The summed E-state index contributed by atoms with van der Waals surface area (Å²) >= 11 is 0. The third-order valence-electron chi connectivity index (χ3n) is 2.20. The number of esters is 1. The zero-order valence-electron chi connectivity index (χ0n) is 8.49. The summed E-state index contributed by atoms with van der Waals surface area (Å²) in [5.74, 6) is -0.306. The van der Waals surface area contributed by atoms with E-state index in [-0.39, 0.29) is 18.7 Å². The summed E-state index contributed by atoms with van der Waals surface area (Å²) in [5, 5.41) is 0. The van der Waals surface area contributed by atoms with Crippen molar-refractivity contribution in [2.24, 2.45) is 0 Å². The number of hydrogen-bond acceptors (Lipinski definition) is 4. The van der Waals surface area contributed by atoms with Gasteiger partial charge in [-0.15, -0.1) is 0 Å². The number of carbonyl (C=O) groups excluding carboxylic acids is 2. The second kappa shape index (κ2) is 4.83. The lowest BCUT2D eigenvalue weighted by Crippen LogP contribution is -2.35. The highest BCUT2D eigenvalue weighted by Crippen LogP contribution is 2.14. The van der Waals surface area contributed by atoms with Gasteiger partial charge in [0.2, 0.25) is 0 Å². The molecule has 0 saturated carbocycles. The molecule has 0 radical (unpaired) electrons. The molecule has 80 valence electrons. The molecule has 0 aromatic rings. The van der Waals surface area contributed by atoms with Gasteiger partial charge in [0.05, 0.1) is 6.04 Å². The summed E-state index contributed by atoms with van der Waals surface area (Å²) in [6, 6.07) is 0.0344. The summed E-state index contributed by atoms with van der Waals surface area (Å²) in [4.78, 5) is 23.5. The minimum atomic E-state index is -0.402. The molecule has 1 aliphatic heterocycles. The van der Waals surface area contributed by atoms with Crippen LogP contribution >= 0.6 is 0 Å². The molecule has 0 aromatic carbocycles. The van der Waals surface area contributed by atoms with Gasteiger partial charge < -0.3 is 9.47 Å². The number of cyclic esters (lactones) is 1. The second-order valence-corrected chi connectivity index (χ2v) is 3.11. The van der Waals surface area contributed by atoms with Crippen LogP contribution in [-0.2, 0) is 14.3 Å². The molecule has 5 heteroatoms. The third-order valence-corrected chi connectivity index (χ3v) is 2.20. The van der Waals surface area contributed by atoms with E-state index in [0.29, 0.717) is 13.0 Å². The maximum absolute atomic E-state index is 11.2. The van der Waals surface area contributed by atoms with E-state index in [1.807, 2.05) is 6.92 Å². The zero-order chi connectivity index (χ0) is 10.6. The van der Waals surface area contributed by atoms with Gasteiger partial charge in [0.25, 0.3) is 0 Å². The van der Waals surface area contributed by atoms with Crippen LogP contribution in [0.25, 0.3) is 0 Å². The lowest BCUT2D eigenvalue weighted by molar-refractivity contribution is -0.147. The molecular formula is C9H15NO4. The minimum Gasteiger partial charge on any atom is -0.447 e. The van der Waals surface area contributed by atoms with E-state index in [9.17, 15) is 9.59 Å². The minimum absolute atomic E-state index is 0.00398. The molecular weight excluding hydrogens is 186 g/mol. The Morgan fingerprint density at radius 2 is 2.36 bits per heavy atom. The monoisotopic (exact) mass is 201 g/mol. The van der Waals surface area contributed by atoms with E-state index in [2.05, 4.69) is 0 Å². The first-order valence-electron chi connectivity index (χ1n) is 4.78. The zero-order valence-corrected chi connectivity index (χ0v) is 8.49. The highest BCUT2D eigenvalue weighted by molar-refractivity contribution is 5.71. The fourth-order valence-corrected chi connectivity index (χ4v) is 1.23. The molecule has 0 unspecified atom stereocenters.